The first-order valence-electron chi connectivity index (χ1n) is 8.27. The van der Waals surface area contributed by atoms with Gasteiger partial charge >= 0.3 is 5.97 Å². The van der Waals surface area contributed by atoms with Crippen molar-refractivity contribution in [1.82, 2.24) is 4.90 Å². The van der Waals surface area contributed by atoms with Crippen LogP contribution < -0.4 is 16.2 Å². The van der Waals surface area contributed by atoms with Gasteiger partial charge in [-0.05, 0) is 50.9 Å². The van der Waals surface area contributed by atoms with E-state index in [1.165, 1.54) is 19.2 Å². The summed E-state index contributed by atoms with van der Waals surface area (Å²) >= 11 is 5.98. The minimum absolute atomic E-state index is 0.290. The predicted molar refractivity (Wildman–Crippen MR) is 95.5 cm³/mol. The van der Waals surface area contributed by atoms with Crippen LogP contribution in [0.5, 0.6) is 5.75 Å². The maximum Gasteiger partial charge on any atom is 0.342 e. The summed E-state index contributed by atoms with van der Waals surface area (Å²) in [4.78, 5) is 14.5. The molecule has 1 aromatic rings. The van der Waals surface area contributed by atoms with Gasteiger partial charge in [-0.25, -0.2) is 4.79 Å². The highest BCUT2D eigenvalue weighted by Crippen LogP contribution is 2.29. The van der Waals surface area contributed by atoms with E-state index in [1.54, 1.807) is 0 Å². The summed E-state index contributed by atoms with van der Waals surface area (Å²) in [6.45, 7) is 3.88. The lowest BCUT2D eigenvalue weighted by molar-refractivity contribution is 0.0436. The van der Waals surface area contributed by atoms with Gasteiger partial charge in [0.1, 0.15) is 17.9 Å². The molecule has 0 aromatic heterocycles. The molecule has 0 atom stereocenters. The monoisotopic (exact) mass is 355 g/mol. The topological polar surface area (TPSA) is 90.8 Å². The highest BCUT2D eigenvalue weighted by Gasteiger charge is 2.20. The molecule has 1 heterocycles. The average molecular weight is 356 g/mol. The second kappa shape index (κ2) is 9.11. The minimum atomic E-state index is -0.452. The van der Waals surface area contributed by atoms with E-state index in [2.05, 4.69) is 4.90 Å². The van der Waals surface area contributed by atoms with Gasteiger partial charge < -0.3 is 20.9 Å². The van der Waals surface area contributed by atoms with Crippen LogP contribution in [0.2, 0.25) is 5.02 Å². The van der Waals surface area contributed by atoms with E-state index in [4.69, 9.17) is 32.5 Å². The molecular weight excluding hydrogens is 330 g/mol. The minimum Gasteiger partial charge on any atom is -0.496 e. The summed E-state index contributed by atoms with van der Waals surface area (Å²) in [6, 6.07) is 3.01. The number of ether oxygens (including phenoxy) is 2. The molecule has 0 saturated carbocycles. The molecule has 1 saturated heterocycles. The Hall–Kier alpha value is -1.50. The molecule has 0 amide bonds. The van der Waals surface area contributed by atoms with Crippen LogP contribution in [0.15, 0.2) is 12.1 Å². The molecule has 0 bridgehead atoms. The zero-order valence-corrected chi connectivity index (χ0v) is 14.8. The third kappa shape index (κ3) is 5.00. The Balaban J connectivity index is 1.81. The zero-order valence-electron chi connectivity index (χ0n) is 14.1. The lowest BCUT2D eigenvalue weighted by Crippen LogP contribution is -2.36. The fourth-order valence-corrected chi connectivity index (χ4v) is 3.14. The van der Waals surface area contributed by atoms with E-state index in [0.29, 0.717) is 28.6 Å². The normalized spacial score (nSPS) is 16.1. The molecule has 24 heavy (non-hydrogen) atoms. The van der Waals surface area contributed by atoms with Crippen molar-refractivity contribution < 1.29 is 14.3 Å². The SMILES string of the molecule is COc1cc(N)c(Cl)cc1C(=O)OCCN1CCC(CCN)CC1. The van der Waals surface area contributed by atoms with Gasteiger partial charge in [-0.2, -0.15) is 0 Å². The Morgan fingerprint density at radius 3 is 2.71 bits per heavy atom. The summed E-state index contributed by atoms with van der Waals surface area (Å²) in [5.41, 5.74) is 12.0. The van der Waals surface area contributed by atoms with Crippen LogP contribution in [0, 0.1) is 5.92 Å². The number of hydrogen-bond acceptors (Lipinski definition) is 6. The molecule has 1 aromatic carbocycles. The van der Waals surface area contributed by atoms with Gasteiger partial charge in [-0.1, -0.05) is 11.6 Å². The van der Waals surface area contributed by atoms with Crippen LogP contribution in [0.3, 0.4) is 0 Å². The Kier molecular flexibility index (Phi) is 7.15. The van der Waals surface area contributed by atoms with E-state index in [9.17, 15) is 4.79 Å². The number of esters is 1. The van der Waals surface area contributed by atoms with Crippen molar-refractivity contribution in [3.8, 4) is 5.75 Å². The number of likely N-dealkylation sites (tertiary alicyclic amines) is 1. The fraction of sp³-hybridized carbons (Fsp3) is 0.588. The highest BCUT2D eigenvalue weighted by molar-refractivity contribution is 6.33. The number of nitrogen functional groups attached to an aromatic ring is 1. The molecule has 6 nitrogen and oxygen atoms in total. The molecule has 0 unspecified atom stereocenters. The average Bonchev–Trinajstić information content (AvgIpc) is 2.58. The lowest BCUT2D eigenvalue weighted by Gasteiger charge is -2.31. The zero-order chi connectivity index (χ0) is 17.5. The summed E-state index contributed by atoms with van der Waals surface area (Å²) in [5, 5.41) is 0.310. The van der Waals surface area contributed by atoms with Crippen molar-refractivity contribution in [1.29, 1.82) is 0 Å². The van der Waals surface area contributed by atoms with Gasteiger partial charge in [0.15, 0.2) is 0 Å². The standard InChI is InChI=1S/C17H26ClN3O3/c1-23-16-11-15(20)14(18)10-13(16)17(22)24-9-8-21-6-3-12(2-5-19)4-7-21/h10-12H,2-9,19-20H2,1H3. The molecule has 1 aliphatic heterocycles. The summed E-state index contributed by atoms with van der Waals surface area (Å²) in [5.74, 6) is 0.645. The van der Waals surface area contributed by atoms with E-state index < -0.39 is 5.97 Å². The maximum absolute atomic E-state index is 12.2. The molecule has 4 N–H and O–H groups in total. The number of piperidine rings is 1. The van der Waals surface area contributed by atoms with Crippen molar-refractivity contribution in [3.05, 3.63) is 22.7 Å². The Bertz CT molecular complexity index is 560. The molecule has 2 rings (SSSR count). The van der Waals surface area contributed by atoms with Crippen LogP contribution in [0.1, 0.15) is 29.6 Å². The third-order valence-electron chi connectivity index (χ3n) is 4.46. The number of hydrogen-bond donors (Lipinski definition) is 2. The number of benzene rings is 1. The second-order valence-corrected chi connectivity index (χ2v) is 6.48. The highest BCUT2D eigenvalue weighted by atomic mass is 35.5. The maximum atomic E-state index is 12.2. The van der Waals surface area contributed by atoms with Crippen LogP contribution in [-0.2, 0) is 4.74 Å². The summed E-state index contributed by atoms with van der Waals surface area (Å²) in [6.07, 6.45) is 3.42. The summed E-state index contributed by atoms with van der Waals surface area (Å²) in [7, 11) is 1.48. The molecule has 7 heteroatoms. The first-order valence-corrected chi connectivity index (χ1v) is 8.65. The van der Waals surface area contributed by atoms with E-state index in [-0.39, 0.29) is 0 Å². The first kappa shape index (κ1) is 18.8. The van der Waals surface area contributed by atoms with Crippen molar-refractivity contribution >= 4 is 23.3 Å². The lowest BCUT2D eigenvalue weighted by atomic mass is 9.94. The Labute approximate surface area is 148 Å². The van der Waals surface area contributed by atoms with Crippen LogP contribution in [0.4, 0.5) is 5.69 Å². The Morgan fingerprint density at radius 2 is 2.08 bits per heavy atom. The number of nitrogens with zero attached hydrogens (tertiary/aromatic N) is 1. The van der Waals surface area contributed by atoms with Gasteiger partial charge in [0.05, 0.1) is 17.8 Å². The molecule has 134 valence electrons. The van der Waals surface area contributed by atoms with E-state index in [1.807, 2.05) is 0 Å². The predicted octanol–water partition coefficient (Wildman–Crippen LogP) is 2.15. The van der Waals surface area contributed by atoms with Crippen LogP contribution in [0.25, 0.3) is 0 Å². The van der Waals surface area contributed by atoms with Gasteiger partial charge in [0.25, 0.3) is 0 Å². The first-order chi connectivity index (χ1) is 11.5. The third-order valence-corrected chi connectivity index (χ3v) is 4.79. The number of nitrogens with two attached hydrogens (primary N) is 2. The van der Waals surface area contributed by atoms with Crippen LogP contribution >= 0.6 is 11.6 Å². The van der Waals surface area contributed by atoms with Crippen molar-refractivity contribution in [3.63, 3.8) is 0 Å². The fourth-order valence-electron chi connectivity index (χ4n) is 2.98. The number of carbonyl (C=O) groups is 1. The molecule has 0 spiro atoms. The number of carbonyl (C=O) groups excluding carboxylic acids is 1. The quantitative estimate of drug-likeness (QED) is 0.575. The number of anilines is 1. The molecule has 0 radical (unpaired) electrons. The van der Waals surface area contributed by atoms with Crippen molar-refractivity contribution in [2.45, 2.75) is 19.3 Å². The molecule has 0 aliphatic carbocycles. The molecule has 1 fully saturated rings. The van der Waals surface area contributed by atoms with Gasteiger partial charge in [-0.3, -0.25) is 4.90 Å². The van der Waals surface area contributed by atoms with Gasteiger partial charge in [-0.15, -0.1) is 0 Å². The van der Waals surface area contributed by atoms with E-state index >= 15 is 0 Å². The largest absolute Gasteiger partial charge is 0.496 e. The van der Waals surface area contributed by atoms with Gasteiger partial charge in [0.2, 0.25) is 0 Å². The smallest absolute Gasteiger partial charge is 0.342 e. The van der Waals surface area contributed by atoms with Crippen LogP contribution in [-0.4, -0.2) is 50.8 Å². The van der Waals surface area contributed by atoms with Crippen molar-refractivity contribution in [2.24, 2.45) is 11.7 Å². The number of rotatable bonds is 7. The molecular formula is C17H26ClN3O3. The van der Waals surface area contributed by atoms with E-state index in [0.717, 1.165) is 51.4 Å². The van der Waals surface area contributed by atoms with Crippen molar-refractivity contribution in [2.75, 3.05) is 45.6 Å². The summed E-state index contributed by atoms with van der Waals surface area (Å²) < 4.78 is 10.5. The molecule has 1 aliphatic rings. The van der Waals surface area contributed by atoms with Gasteiger partial charge in [0, 0.05) is 12.6 Å². The Morgan fingerprint density at radius 1 is 1.38 bits per heavy atom. The number of methoxy groups -OCH3 is 1. The second-order valence-electron chi connectivity index (χ2n) is 6.07. The number of halogens is 1.